The highest BCUT2D eigenvalue weighted by Crippen LogP contribution is 2.35. The van der Waals surface area contributed by atoms with E-state index in [1.807, 2.05) is 0 Å². The first-order valence-corrected chi connectivity index (χ1v) is 10.5. The first kappa shape index (κ1) is 21.1. The molecule has 0 aliphatic carbocycles. The summed E-state index contributed by atoms with van der Waals surface area (Å²) in [7, 11) is -2.67. The summed E-state index contributed by atoms with van der Waals surface area (Å²) in [6.07, 6.45) is -0.736. The number of aryl methyl sites for hydroxylation is 1. The van der Waals surface area contributed by atoms with Gasteiger partial charge in [0.2, 0.25) is 15.9 Å². The molecule has 8 nitrogen and oxygen atoms in total. The van der Waals surface area contributed by atoms with Gasteiger partial charge in [0.1, 0.15) is 5.75 Å². The van der Waals surface area contributed by atoms with Gasteiger partial charge in [-0.05, 0) is 37.6 Å². The molecule has 3 rings (SSSR count). The van der Waals surface area contributed by atoms with Crippen LogP contribution in [0.1, 0.15) is 12.5 Å². The number of amides is 2. The van der Waals surface area contributed by atoms with E-state index in [1.165, 1.54) is 19.2 Å². The lowest BCUT2D eigenvalue weighted by atomic mass is 10.1. The van der Waals surface area contributed by atoms with Gasteiger partial charge >= 0.3 is 0 Å². The van der Waals surface area contributed by atoms with Crippen LogP contribution in [0.25, 0.3) is 0 Å². The van der Waals surface area contributed by atoms with E-state index in [-0.39, 0.29) is 16.6 Å². The second-order valence-electron chi connectivity index (χ2n) is 6.65. The number of hydrogen-bond donors (Lipinski definition) is 2. The van der Waals surface area contributed by atoms with Crippen LogP contribution in [0.4, 0.5) is 11.4 Å². The number of carbonyl (C=O) groups excluding carboxylic acids is 2. The molecule has 2 aromatic carbocycles. The number of fused-ring (bicyclic) bond motifs is 1. The van der Waals surface area contributed by atoms with Crippen LogP contribution < -0.4 is 15.4 Å². The van der Waals surface area contributed by atoms with Crippen molar-refractivity contribution in [3.63, 3.8) is 0 Å². The molecule has 10 heteroatoms. The number of rotatable bonds is 5. The maximum absolute atomic E-state index is 13.0. The van der Waals surface area contributed by atoms with Crippen LogP contribution in [0.3, 0.4) is 0 Å². The average Bonchev–Trinajstić information content (AvgIpc) is 2.64. The zero-order valence-corrected chi connectivity index (χ0v) is 17.6. The summed E-state index contributed by atoms with van der Waals surface area (Å²) < 4.78 is 32.5. The molecule has 0 radical (unpaired) electrons. The monoisotopic (exact) mass is 437 g/mol. The number of nitrogens with zero attached hydrogens (tertiary/aromatic N) is 1. The smallest absolute Gasteiger partial charge is 0.265 e. The molecular weight excluding hydrogens is 418 g/mol. The highest BCUT2D eigenvalue weighted by atomic mass is 35.5. The van der Waals surface area contributed by atoms with Crippen LogP contribution in [-0.2, 0) is 19.6 Å². The summed E-state index contributed by atoms with van der Waals surface area (Å²) in [5.74, 6) is -0.576. The Morgan fingerprint density at radius 2 is 2.00 bits per heavy atom. The van der Waals surface area contributed by atoms with Gasteiger partial charge in [-0.15, -0.1) is 0 Å². The maximum Gasteiger partial charge on any atom is 0.265 e. The largest absolute Gasteiger partial charge is 0.479 e. The van der Waals surface area contributed by atoms with Crippen molar-refractivity contribution >= 4 is 44.8 Å². The van der Waals surface area contributed by atoms with Crippen LogP contribution in [0.5, 0.6) is 5.75 Å². The molecule has 0 saturated heterocycles. The van der Waals surface area contributed by atoms with Crippen molar-refractivity contribution in [1.82, 2.24) is 4.31 Å². The van der Waals surface area contributed by atoms with Gasteiger partial charge in [0, 0.05) is 13.1 Å². The van der Waals surface area contributed by atoms with Crippen LogP contribution in [0, 0.1) is 6.92 Å². The highest BCUT2D eigenvalue weighted by molar-refractivity contribution is 7.89. The van der Waals surface area contributed by atoms with Gasteiger partial charge in [-0.2, -0.15) is 4.31 Å². The van der Waals surface area contributed by atoms with Gasteiger partial charge in [-0.1, -0.05) is 23.7 Å². The third-order valence-electron chi connectivity index (χ3n) is 4.41. The lowest BCUT2D eigenvalue weighted by molar-refractivity contribution is -0.122. The molecule has 2 N–H and O–H groups in total. The minimum absolute atomic E-state index is 0.00681. The molecule has 1 atom stereocenters. The number of likely N-dealkylation sites (N-methyl/N-ethyl adjacent to an activating group) is 1. The minimum atomic E-state index is -3.98. The van der Waals surface area contributed by atoms with Crippen molar-refractivity contribution in [3.8, 4) is 5.75 Å². The van der Waals surface area contributed by atoms with E-state index in [2.05, 4.69) is 10.6 Å². The van der Waals surface area contributed by atoms with E-state index in [0.717, 1.165) is 4.31 Å². The van der Waals surface area contributed by atoms with Gasteiger partial charge in [-0.25, -0.2) is 8.42 Å². The number of benzene rings is 2. The lowest BCUT2D eigenvalue weighted by Crippen LogP contribution is -2.36. The summed E-state index contributed by atoms with van der Waals surface area (Å²) in [6.45, 7) is 2.77. The minimum Gasteiger partial charge on any atom is -0.479 e. The van der Waals surface area contributed by atoms with Gasteiger partial charge in [0.25, 0.3) is 5.91 Å². The van der Waals surface area contributed by atoms with Crippen molar-refractivity contribution in [2.75, 3.05) is 24.2 Å². The van der Waals surface area contributed by atoms with Crippen molar-refractivity contribution < 1.29 is 22.7 Å². The molecule has 0 bridgehead atoms. The number of ether oxygens (including phenoxy) is 1. The molecule has 2 amide bonds. The number of sulfonamides is 1. The Kier molecular flexibility index (Phi) is 5.83. The summed E-state index contributed by atoms with van der Waals surface area (Å²) in [6, 6.07) is 9.56. The molecule has 2 aromatic rings. The quantitative estimate of drug-likeness (QED) is 0.748. The highest BCUT2D eigenvalue weighted by Gasteiger charge is 2.30. The zero-order chi connectivity index (χ0) is 21.3. The van der Waals surface area contributed by atoms with E-state index < -0.39 is 28.6 Å². The average molecular weight is 438 g/mol. The summed E-state index contributed by atoms with van der Waals surface area (Å²) in [4.78, 5) is 24.0. The number of nitrogens with one attached hydrogen (secondary N) is 2. The van der Waals surface area contributed by atoms with E-state index in [0.29, 0.717) is 22.0 Å². The fraction of sp³-hybridized carbons (Fsp3) is 0.263. The molecular formula is C19H20ClN3O5S. The standard InChI is InChI=1S/C19H20ClN3O5S/c1-11-8-15-16(28-12(2)19(25)22-15)9-17(11)29(26,27)23(3)10-18(24)21-14-7-5-4-6-13(14)20/h4-9,12H,10H2,1-3H3,(H,21,24)(H,22,25)/t12-/m1/s1. The fourth-order valence-corrected chi connectivity index (χ4v) is 4.36. The number of para-hydroxylation sites is 1. The number of carbonyl (C=O) groups is 2. The van der Waals surface area contributed by atoms with Crippen molar-refractivity contribution in [2.24, 2.45) is 0 Å². The van der Waals surface area contributed by atoms with Gasteiger partial charge in [0.15, 0.2) is 6.10 Å². The third-order valence-corrected chi connectivity index (χ3v) is 6.69. The Hall–Kier alpha value is -2.62. The molecule has 0 saturated carbocycles. The van der Waals surface area contributed by atoms with Gasteiger partial charge in [-0.3, -0.25) is 9.59 Å². The van der Waals surface area contributed by atoms with E-state index >= 15 is 0 Å². The van der Waals surface area contributed by atoms with E-state index in [9.17, 15) is 18.0 Å². The first-order chi connectivity index (χ1) is 13.6. The molecule has 0 aromatic heterocycles. The normalized spacial score (nSPS) is 16.0. The van der Waals surface area contributed by atoms with Crippen LogP contribution in [-0.4, -0.2) is 44.2 Å². The Morgan fingerprint density at radius 3 is 2.69 bits per heavy atom. The predicted molar refractivity (Wildman–Crippen MR) is 110 cm³/mol. The summed E-state index contributed by atoms with van der Waals surface area (Å²) in [5, 5.41) is 5.62. The second-order valence-corrected chi connectivity index (χ2v) is 9.07. The van der Waals surface area contributed by atoms with E-state index in [1.54, 1.807) is 38.1 Å². The molecule has 1 aliphatic rings. The van der Waals surface area contributed by atoms with Gasteiger partial charge in [0.05, 0.1) is 27.8 Å². The number of halogens is 1. The molecule has 1 heterocycles. The maximum atomic E-state index is 13.0. The van der Waals surface area contributed by atoms with Crippen molar-refractivity contribution in [3.05, 3.63) is 47.0 Å². The van der Waals surface area contributed by atoms with Crippen LogP contribution in [0.2, 0.25) is 5.02 Å². The SMILES string of the molecule is Cc1cc2c(cc1S(=O)(=O)N(C)CC(=O)Nc1ccccc1Cl)O[C@H](C)C(=O)N2. The Morgan fingerprint density at radius 1 is 1.31 bits per heavy atom. The molecule has 29 heavy (non-hydrogen) atoms. The van der Waals surface area contributed by atoms with Crippen LogP contribution in [0.15, 0.2) is 41.3 Å². The van der Waals surface area contributed by atoms with E-state index in [4.69, 9.17) is 16.3 Å². The molecule has 0 unspecified atom stereocenters. The molecule has 0 fully saturated rings. The van der Waals surface area contributed by atoms with Crippen LogP contribution >= 0.6 is 11.6 Å². The Balaban J connectivity index is 1.81. The fourth-order valence-electron chi connectivity index (χ4n) is 2.83. The number of hydrogen-bond acceptors (Lipinski definition) is 5. The predicted octanol–water partition coefficient (Wildman–Crippen LogP) is 2.63. The molecule has 0 spiro atoms. The number of anilines is 2. The topological polar surface area (TPSA) is 105 Å². The first-order valence-electron chi connectivity index (χ1n) is 8.72. The lowest BCUT2D eigenvalue weighted by Gasteiger charge is -2.25. The molecule has 1 aliphatic heterocycles. The van der Waals surface area contributed by atoms with Crippen molar-refractivity contribution in [2.45, 2.75) is 24.8 Å². The van der Waals surface area contributed by atoms with Gasteiger partial charge < -0.3 is 15.4 Å². The molecule has 154 valence electrons. The third kappa shape index (κ3) is 4.36. The second kappa shape index (κ2) is 8.02. The Bertz CT molecular complexity index is 1090. The summed E-state index contributed by atoms with van der Waals surface area (Å²) >= 11 is 6.01. The zero-order valence-electron chi connectivity index (χ0n) is 16.0. The summed E-state index contributed by atoms with van der Waals surface area (Å²) in [5.41, 5.74) is 1.22. The van der Waals surface area contributed by atoms with Crippen molar-refractivity contribution in [1.29, 1.82) is 0 Å². The Labute approximate surface area is 173 Å².